The molecule has 1 aromatic carbocycles. The van der Waals surface area contributed by atoms with E-state index in [1.165, 1.54) is 6.92 Å². The van der Waals surface area contributed by atoms with Crippen molar-refractivity contribution < 1.29 is 23.9 Å². The molecule has 0 spiro atoms. The predicted octanol–water partition coefficient (Wildman–Crippen LogP) is 4.29. The maximum Gasteiger partial charge on any atom is 0.355 e. The Bertz CT molecular complexity index is 1110. The van der Waals surface area contributed by atoms with Crippen molar-refractivity contribution in [3.63, 3.8) is 0 Å². The summed E-state index contributed by atoms with van der Waals surface area (Å²) in [4.78, 5) is 43.2. The lowest BCUT2D eigenvalue weighted by molar-refractivity contribution is 0.0464. The van der Waals surface area contributed by atoms with Gasteiger partial charge in [0.2, 0.25) is 0 Å². The summed E-state index contributed by atoms with van der Waals surface area (Å²) in [5.41, 5.74) is 4.59. The maximum atomic E-state index is 12.7. The molecule has 0 atom stereocenters. The van der Waals surface area contributed by atoms with Crippen LogP contribution in [0.2, 0.25) is 0 Å². The molecule has 7 heteroatoms. The van der Waals surface area contributed by atoms with E-state index in [-0.39, 0.29) is 24.7 Å². The van der Waals surface area contributed by atoms with Gasteiger partial charge in [-0.05, 0) is 50.5 Å². The normalized spacial score (nSPS) is 10.7. The van der Waals surface area contributed by atoms with Gasteiger partial charge >= 0.3 is 11.9 Å². The average molecular weight is 422 g/mol. The van der Waals surface area contributed by atoms with E-state index in [4.69, 9.17) is 9.47 Å². The first-order chi connectivity index (χ1) is 14.8. The van der Waals surface area contributed by atoms with Crippen LogP contribution < -0.4 is 0 Å². The number of ether oxygens (including phenoxy) is 2. The van der Waals surface area contributed by atoms with Crippen molar-refractivity contribution in [3.05, 3.63) is 81.4 Å². The smallest absolute Gasteiger partial charge is 0.355 e. The molecule has 0 unspecified atom stereocenters. The van der Waals surface area contributed by atoms with E-state index < -0.39 is 11.9 Å². The van der Waals surface area contributed by atoms with E-state index in [1.54, 1.807) is 13.8 Å². The van der Waals surface area contributed by atoms with Gasteiger partial charge in [-0.15, -0.1) is 0 Å². The minimum Gasteiger partial charge on any atom is -0.461 e. The zero-order valence-corrected chi connectivity index (χ0v) is 18.1. The molecule has 0 aliphatic heterocycles. The van der Waals surface area contributed by atoms with E-state index in [2.05, 4.69) is 9.97 Å². The van der Waals surface area contributed by atoms with Gasteiger partial charge in [-0.1, -0.05) is 30.3 Å². The van der Waals surface area contributed by atoms with Crippen LogP contribution in [0.5, 0.6) is 0 Å². The Labute approximate surface area is 180 Å². The second kappa shape index (κ2) is 9.47. The first-order valence-electron chi connectivity index (χ1n) is 10.1. The van der Waals surface area contributed by atoms with Crippen LogP contribution in [0.15, 0.2) is 36.4 Å². The van der Waals surface area contributed by atoms with Crippen molar-refractivity contribution in [2.45, 2.75) is 40.7 Å². The highest BCUT2D eigenvalue weighted by molar-refractivity contribution is 6.01. The van der Waals surface area contributed by atoms with Crippen LogP contribution in [-0.4, -0.2) is 34.3 Å². The molecule has 31 heavy (non-hydrogen) atoms. The molecule has 0 bridgehead atoms. The number of aryl methyl sites for hydroxylation is 1. The molecule has 0 amide bonds. The van der Waals surface area contributed by atoms with Crippen LogP contribution in [0, 0.1) is 13.8 Å². The van der Waals surface area contributed by atoms with E-state index in [0.29, 0.717) is 28.9 Å². The molecular formula is C24H26N2O5. The number of hydrogen-bond donors (Lipinski definition) is 2. The second-order valence-electron chi connectivity index (χ2n) is 7.35. The third kappa shape index (κ3) is 4.94. The number of benzene rings is 1. The third-order valence-corrected chi connectivity index (χ3v) is 5.01. The minimum absolute atomic E-state index is 0.140. The van der Waals surface area contributed by atoms with Crippen LogP contribution in [0.4, 0.5) is 0 Å². The number of Topliss-reactive ketones (excluding diaryl/α,β-unsaturated/α-hetero) is 1. The van der Waals surface area contributed by atoms with Crippen molar-refractivity contribution in [1.29, 1.82) is 0 Å². The first-order valence-corrected chi connectivity index (χ1v) is 10.1. The predicted molar refractivity (Wildman–Crippen MR) is 115 cm³/mol. The summed E-state index contributed by atoms with van der Waals surface area (Å²) in [5, 5.41) is 0. The minimum atomic E-state index is -0.523. The van der Waals surface area contributed by atoms with Crippen molar-refractivity contribution in [2.75, 3.05) is 6.61 Å². The maximum absolute atomic E-state index is 12.7. The van der Waals surface area contributed by atoms with E-state index in [1.807, 2.05) is 43.3 Å². The lowest BCUT2D eigenvalue weighted by atomic mass is 10.0. The fourth-order valence-electron chi connectivity index (χ4n) is 3.60. The number of H-pyrrole nitrogens is 2. The highest BCUT2D eigenvalue weighted by atomic mass is 16.5. The van der Waals surface area contributed by atoms with Gasteiger partial charge in [-0.25, -0.2) is 9.59 Å². The molecule has 7 nitrogen and oxygen atoms in total. The van der Waals surface area contributed by atoms with Gasteiger partial charge in [0.05, 0.1) is 6.61 Å². The van der Waals surface area contributed by atoms with E-state index >= 15 is 0 Å². The van der Waals surface area contributed by atoms with E-state index in [0.717, 1.165) is 16.8 Å². The summed E-state index contributed by atoms with van der Waals surface area (Å²) in [6.45, 7) is 7.16. The van der Waals surface area contributed by atoms with Crippen LogP contribution in [-0.2, 0) is 22.5 Å². The molecule has 0 radical (unpaired) electrons. The van der Waals surface area contributed by atoms with Gasteiger partial charge in [0.1, 0.15) is 18.0 Å². The fourth-order valence-corrected chi connectivity index (χ4v) is 3.60. The summed E-state index contributed by atoms with van der Waals surface area (Å²) in [7, 11) is 0. The fraction of sp³-hybridized carbons (Fsp3) is 0.292. The van der Waals surface area contributed by atoms with Gasteiger partial charge in [-0.3, -0.25) is 4.79 Å². The molecule has 0 saturated carbocycles. The van der Waals surface area contributed by atoms with Crippen LogP contribution in [0.25, 0.3) is 0 Å². The zero-order chi connectivity index (χ0) is 22.5. The SMILES string of the molecule is CCOC(=O)c1[nH]c(Cc2[nH]c(C(=O)OCc3ccccc3)c(C)c2C(C)=O)cc1C. The number of ketones is 1. The molecule has 0 fully saturated rings. The van der Waals surface area contributed by atoms with Gasteiger partial charge in [-0.2, -0.15) is 0 Å². The number of carbonyl (C=O) groups excluding carboxylic acids is 3. The summed E-state index contributed by atoms with van der Waals surface area (Å²) in [6, 6.07) is 11.2. The monoisotopic (exact) mass is 422 g/mol. The lowest BCUT2D eigenvalue weighted by Gasteiger charge is -2.04. The molecule has 2 N–H and O–H groups in total. The highest BCUT2D eigenvalue weighted by Gasteiger charge is 2.24. The average Bonchev–Trinajstić information content (AvgIpc) is 3.26. The Morgan fingerprint density at radius 1 is 0.935 bits per heavy atom. The molecule has 0 aliphatic carbocycles. The Morgan fingerprint density at radius 3 is 2.26 bits per heavy atom. The number of aromatic nitrogens is 2. The van der Waals surface area contributed by atoms with E-state index in [9.17, 15) is 14.4 Å². The summed E-state index contributed by atoms with van der Waals surface area (Å²) >= 11 is 0. The Hall–Kier alpha value is -3.61. The molecule has 2 aromatic heterocycles. The molecule has 3 rings (SSSR count). The quantitative estimate of drug-likeness (QED) is 0.417. The Balaban J connectivity index is 1.84. The molecule has 162 valence electrons. The summed E-state index contributed by atoms with van der Waals surface area (Å²) < 4.78 is 10.5. The number of aromatic amines is 2. The van der Waals surface area contributed by atoms with Crippen LogP contribution in [0.1, 0.15) is 73.3 Å². The third-order valence-electron chi connectivity index (χ3n) is 5.01. The van der Waals surface area contributed by atoms with Crippen molar-refractivity contribution in [1.82, 2.24) is 9.97 Å². The number of hydrogen-bond acceptors (Lipinski definition) is 5. The van der Waals surface area contributed by atoms with Crippen molar-refractivity contribution in [3.8, 4) is 0 Å². The number of nitrogens with one attached hydrogen (secondary N) is 2. The van der Waals surface area contributed by atoms with Gasteiger partial charge in [0.25, 0.3) is 0 Å². The standard InChI is InChI=1S/C24H26N2O5/c1-5-30-23(28)21-14(2)11-18(25-21)12-19-20(16(4)27)15(3)22(26-19)24(29)31-13-17-9-7-6-8-10-17/h6-11,25-26H,5,12-13H2,1-4H3. The topological polar surface area (TPSA) is 101 Å². The largest absolute Gasteiger partial charge is 0.461 e. The van der Waals surface area contributed by atoms with Gasteiger partial charge < -0.3 is 19.4 Å². The Kier molecular flexibility index (Phi) is 6.74. The second-order valence-corrected chi connectivity index (χ2v) is 7.35. The van der Waals surface area contributed by atoms with Crippen molar-refractivity contribution >= 4 is 17.7 Å². The number of carbonyl (C=O) groups is 3. The molecular weight excluding hydrogens is 396 g/mol. The van der Waals surface area contributed by atoms with Crippen LogP contribution >= 0.6 is 0 Å². The molecule has 2 heterocycles. The Morgan fingerprint density at radius 2 is 1.61 bits per heavy atom. The van der Waals surface area contributed by atoms with Crippen molar-refractivity contribution in [2.24, 2.45) is 0 Å². The zero-order valence-electron chi connectivity index (χ0n) is 18.1. The molecule has 3 aromatic rings. The highest BCUT2D eigenvalue weighted by Crippen LogP contribution is 2.24. The number of rotatable bonds is 8. The first kappa shape index (κ1) is 22.1. The summed E-state index contributed by atoms with van der Waals surface area (Å²) in [6.07, 6.45) is 0.321. The van der Waals surface area contributed by atoms with Gasteiger partial charge in [0.15, 0.2) is 5.78 Å². The lowest BCUT2D eigenvalue weighted by Crippen LogP contribution is -2.07. The van der Waals surface area contributed by atoms with Crippen LogP contribution in [0.3, 0.4) is 0 Å². The molecule has 0 saturated heterocycles. The summed E-state index contributed by atoms with van der Waals surface area (Å²) in [5.74, 6) is -1.10. The van der Waals surface area contributed by atoms with Gasteiger partial charge in [0, 0.05) is 23.4 Å². The molecule has 0 aliphatic rings. The number of esters is 2.